The zero-order valence-electron chi connectivity index (χ0n) is 9.78. The maximum Gasteiger partial charge on any atom is 0.216 e. The van der Waals surface area contributed by atoms with Crippen molar-refractivity contribution in [2.45, 2.75) is 33.2 Å². The number of ether oxygens (including phenoxy) is 1. The lowest BCUT2D eigenvalue weighted by Gasteiger charge is -2.44. The van der Waals surface area contributed by atoms with Crippen LogP contribution in [-0.4, -0.2) is 28.2 Å². The second kappa shape index (κ2) is 5.48. The first kappa shape index (κ1) is 15.2. The van der Waals surface area contributed by atoms with Gasteiger partial charge in [-0.15, -0.1) is 0 Å². The quantitative estimate of drug-likeness (QED) is 0.513. The lowest BCUT2D eigenvalue weighted by Crippen LogP contribution is -2.57. The normalized spacial score (nSPS) is 18.1. The number of thiol groups is 1. The minimum Gasteiger partial charge on any atom is -0.478 e. The summed E-state index contributed by atoms with van der Waals surface area (Å²) in [5, 5.41) is 9.29. The third-order valence-corrected chi connectivity index (χ3v) is 3.58. The molecule has 90 valence electrons. The van der Waals surface area contributed by atoms with Crippen molar-refractivity contribution in [2.75, 3.05) is 13.2 Å². The Bertz CT molecular complexity index is 229. The lowest BCUT2D eigenvalue weighted by molar-refractivity contribution is 0.0330. The summed E-state index contributed by atoms with van der Waals surface area (Å²) < 4.78 is 5.39. The van der Waals surface area contributed by atoms with E-state index in [2.05, 4.69) is 12.6 Å². The molecule has 0 bridgehead atoms. The second-order valence-corrected chi connectivity index (χ2v) is 5.88. The predicted octanol–water partition coefficient (Wildman–Crippen LogP) is 1.59. The van der Waals surface area contributed by atoms with Crippen molar-refractivity contribution in [3.8, 4) is 0 Å². The SMILES string of the molecule is CC(COC(=S)S)C(C)(N)C(C)(C)CO. The van der Waals surface area contributed by atoms with Crippen LogP contribution in [0.5, 0.6) is 0 Å². The van der Waals surface area contributed by atoms with E-state index in [1.165, 1.54) is 0 Å². The topological polar surface area (TPSA) is 55.5 Å². The van der Waals surface area contributed by atoms with Gasteiger partial charge in [-0.2, -0.15) is 0 Å². The van der Waals surface area contributed by atoms with Crippen molar-refractivity contribution < 1.29 is 9.84 Å². The van der Waals surface area contributed by atoms with Crippen LogP contribution in [0, 0.1) is 11.3 Å². The highest BCUT2D eigenvalue weighted by Gasteiger charge is 2.41. The number of aliphatic hydroxyl groups is 1. The van der Waals surface area contributed by atoms with E-state index >= 15 is 0 Å². The molecule has 0 aliphatic rings. The van der Waals surface area contributed by atoms with E-state index in [4.69, 9.17) is 22.7 Å². The monoisotopic (exact) mass is 251 g/mol. The van der Waals surface area contributed by atoms with Gasteiger partial charge in [-0.3, -0.25) is 0 Å². The van der Waals surface area contributed by atoms with E-state index in [1.807, 2.05) is 27.7 Å². The average Bonchev–Trinajstić information content (AvgIpc) is 2.13. The maximum absolute atomic E-state index is 9.29. The average molecular weight is 251 g/mol. The molecule has 0 spiro atoms. The summed E-state index contributed by atoms with van der Waals surface area (Å²) in [5.41, 5.74) is 5.33. The molecule has 0 heterocycles. The zero-order valence-corrected chi connectivity index (χ0v) is 11.5. The molecule has 3 nitrogen and oxygen atoms in total. The minimum absolute atomic E-state index is 0.0374. The van der Waals surface area contributed by atoms with Crippen LogP contribution in [0.2, 0.25) is 0 Å². The van der Waals surface area contributed by atoms with Gasteiger partial charge < -0.3 is 15.6 Å². The molecule has 0 aliphatic carbocycles. The van der Waals surface area contributed by atoms with Crippen LogP contribution in [0.3, 0.4) is 0 Å². The highest BCUT2D eigenvalue weighted by molar-refractivity contribution is 8.10. The fraction of sp³-hybridized carbons (Fsp3) is 0.900. The third kappa shape index (κ3) is 3.90. The third-order valence-electron chi connectivity index (χ3n) is 3.33. The lowest BCUT2D eigenvalue weighted by atomic mass is 9.68. The molecule has 0 radical (unpaired) electrons. The number of thiocarbonyl (C=S) groups is 1. The van der Waals surface area contributed by atoms with Crippen molar-refractivity contribution in [3.05, 3.63) is 0 Å². The van der Waals surface area contributed by atoms with Crippen molar-refractivity contribution in [1.82, 2.24) is 0 Å². The van der Waals surface area contributed by atoms with Crippen LogP contribution in [-0.2, 0) is 4.74 Å². The van der Waals surface area contributed by atoms with Gasteiger partial charge in [0.05, 0.1) is 6.61 Å². The Hall–Kier alpha value is 0.160. The van der Waals surface area contributed by atoms with Crippen molar-refractivity contribution >= 4 is 29.2 Å². The fourth-order valence-electron chi connectivity index (χ4n) is 1.21. The van der Waals surface area contributed by atoms with Gasteiger partial charge in [-0.1, -0.05) is 33.4 Å². The first-order chi connectivity index (χ1) is 6.65. The van der Waals surface area contributed by atoms with E-state index in [0.29, 0.717) is 6.61 Å². The van der Waals surface area contributed by atoms with Gasteiger partial charge in [-0.05, 0) is 19.1 Å². The Labute approximate surface area is 103 Å². The Morgan fingerprint density at radius 2 is 2.00 bits per heavy atom. The summed E-state index contributed by atoms with van der Waals surface area (Å²) >= 11 is 8.59. The highest BCUT2D eigenvalue weighted by Crippen LogP contribution is 2.34. The molecule has 0 amide bonds. The molecular formula is C10H21NO2S2. The molecular weight excluding hydrogens is 230 g/mol. The summed E-state index contributed by atoms with van der Waals surface area (Å²) in [6, 6.07) is 0. The molecule has 0 fully saturated rings. The van der Waals surface area contributed by atoms with Crippen LogP contribution < -0.4 is 5.73 Å². The van der Waals surface area contributed by atoms with Crippen LogP contribution in [0.15, 0.2) is 0 Å². The van der Waals surface area contributed by atoms with E-state index < -0.39 is 5.54 Å². The van der Waals surface area contributed by atoms with Gasteiger partial charge in [-0.25, -0.2) is 0 Å². The van der Waals surface area contributed by atoms with E-state index in [-0.39, 0.29) is 22.3 Å². The van der Waals surface area contributed by atoms with Gasteiger partial charge in [0.2, 0.25) is 4.38 Å². The number of rotatable bonds is 5. The molecule has 0 aliphatic heterocycles. The molecule has 0 saturated heterocycles. The van der Waals surface area contributed by atoms with Gasteiger partial charge in [0.1, 0.15) is 0 Å². The van der Waals surface area contributed by atoms with Crippen LogP contribution in [0.25, 0.3) is 0 Å². The van der Waals surface area contributed by atoms with Crippen molar-refractivity contribution in [1.29, 1.82) is 0 Å². The summed E-state index contributed by atoms with van der Waals surface area (Å²) in [6.45, 7) is 8.21. The van der Waals surface area contributed by atoms with Crippen molar-refractivity contribution in [3.63, 3.8) is 0 Å². The molecule has 2 unspecified atom stereocenters. The first-order valence-electron chi connectivity index (χ1n) is 4.90. The largest absolute Gasteiger partial charge is 0.478 e. The number of hydrogen-bond acceptors (Lipinski definition) is 4. The molecule has 0 rings (SSSR count). The van der Waals surface area contributed by atoms with E-state index in [1.54, 1.807) is 0 Å². The van der Waals surface area contributed by atoms with Gasteiger partial charge in [0, 0.05) is 23.5 Å². The highest BCUT2D eigenvalue weighted by atomic mass is 32.1. The minimum atomic E-state index is -0.527. The Morgan fingerprint density at radius 1 is 1.53 bits per heavy atom. The summed E-state index contributed by atoms with van der Waals surface area (Å²) in [4.78, 5) is 0. The molecule has 0 aromatic heterocycles. The van der Waals surface area contributed by atoms with Crippen LogP contribution in [0.4, 0.5) is 0 Å². The van der Waals surface area contributed by atoms with Gasteiger partial charge in [0.15, 0.2) is 0 Å². The molecule has 0 saturated carbocycles. The smallest absolute Gasteiger partial charge is 0.216 e. The Balaban J connectivity index is 4.51. The van der Waals surface area contributed by atoms with Crippen LogP contribution in [0.1, 0.15) is 27.7 Å². The summed E-state index contributed by atoms with van der Waals surface area (Å²) in [7, 11) is 0. The summed E-state index contributed by atoms with van der Waals surface area (Å²) in [5.74, 6) is 0.0738. The standard InChI is InChI=1S/C10H21NO2S2/c1-7(5-13-8(14)15)10(4,11)9(2,3)6-12/h7,12H,5-6,11H2,1-4H3,(H,14,15). The molecule has 15 heavy (non-hydrogen) atoms. The van der Waals surface area contributed by atoms with Crippen LogP contribution >= 0.6 is 24.8 Å². The second-order valence-electron chi connectivity index (χ2n) is 4.80. The zero-order chi connectivity index (χ0) is 12.3. The molecule has 5 heteroatoms. The van der Waals surface area contributed by atoms with Gasteiger partial charge in [0.25, 0.3) is 0 Å². The van der Waals surface area contributed by atoms with Gasteiger partial charge >= 0.3 is 0 Å². The molecule has 0 aromatic carbocycles. The number of nitrogens with two attached hydrogens (primary N) is 1. The van der Waals surface area contributed by atoms with E-state index in [0.717, 1.165) is 0 Å². The fourth-order valence-corrected chi connectivity index (χ4v) is 1.35. The number of aliphatic hydroxyl groups excluding tert-OH is 1. The molecule has 2 atom stereocenters. The molecule has 0 aromatic rings. The summed E-state index contributed by atoms with van der Waals surface area (Å²) in [6.07, 6.45) is 0. The predicted molar refractivity (Wildman–Crippen MR) is 70.2 cm³/mol. The maximum atomic E-state index is 9.29. The first-order valence-corrected chi connectivity index (χ1v) is 5.76. The van der Waals surface area contributed by atoms with E-state index in [9.17, 15) is 5.11 Å². The van der Waals surface area contributed by atoms with Crippen molar-refractivity contribution in [2.24, 2.45) is 17.1 Å². The Kier molecular flexibility index (Phi) is 5.54. The Morgan fingerprint density at radius 3 is 2.33 bits per heavy atom. The number of hydrogen-bond donors (Lipinski definition) is 3. The molecule has 3 N–H and O–H groups in total.